The highest BCUT2D eigenvalue weighted by atomic mass is 32.2. The summed E-state index contributed by atoms with van der Waals surface area (Å²) in [6.45, 7) is 1.96. The third-order valence-electron chi connectivity index (χ3n) is 8.09. The van der Waals surface area contributed by atoms with Crippen molar-refractivity contribution in [1.29, 1.82) is 0 Å². The first-order valence-electron chi connectivity index (χ1n) is 14.5. The number of hydrogen-bond donors (Lipinski definition) is 1. The molecule has 0 aliphatic carbocycles. The molecule has 3 heterocycles. The van der Waals surface area contributed by atoms with Gasteiger partial charge in [0.2, 0.25) is 5.13 Å². The summed E-state index contributed by atoms with van der Waals surface area (Å²) >= 11 is 2.68. The van der Waals surface area contributed by atoms with Crippen LogP contribution in [-0.2, 0) is 26.5 Å². The second-order valence-electron chi connectivity index (χ2n) is 11.0. The van der Waals surface area contributed by atoms with Gasteiger partial charge >= 0.3 is 11.9 Å². The minimum absolute atomic E-state index is 0.00335. The average molecular weight is 650 g/mol. The Balaban J connectivity index is 1.26. The molecule has 0 unspecified atom stereocenters. The van der Waals surface area contributed by atoms with Crippen LogP contribution in [0.5, 0.6) is 5.75 Å². The van der Waals surface area contributed by atoms with Crippen molar-refractivity contribution in [3.63, 3.8) is 0 Å². The number of aromatic nitrogens is 2. The van der Waals surface area contributed by atoms with Crippen molar-refractivity contribution < 1.29 is 29.0 Å². The Hall–Kier alpha value is -5.00. The van der Waals surface area contributed by atoms with Crippen LogP contribution in [0.4, 0.5) is 5.13 Å². The van der Waals surface area contributed by atoms with E-state index in [9.17, 15) is 19.5 Å². The maximum absolute atomic E-state index is 13.7. The van der Waals surface area contributed by atoms with Gasteiger partial charge in [-0.2, -0.15) is 0 Å². The zero-order valence-corrected chi connectivity index (χ0v) is 26.4. The van der Waals surface area contributed by atoms with Gasteiger partial charge in [0, 0.05) is 17.7 Å². The van der Waals surface area contributed by atoms with E-state index in [4.69, 9.17) is 9.47 Å². The smallest absolute Gasteiger partial charge is 0.337 e. The number of rotatable bonds is 7. The summed E-state index contributed by atoms with van der Waals surface area (Å²) in [7, 11) is 1.29. The van der Waals surface area contributed by atoms with Crippen LogP contribution in [-0.4, -0.2) is 46.2 Å². The molecule has 9 nitrogen and oxygen atoms in total. The number of aliphatic hydroxyl groups excluding tert-OH is 1. The van der Waals surface area contributed by atoms with Crippen molar-refractivity contribution in [3.05, 3.63) is 118 Å². The van der Waals surface area contributed by atoms with Crippen LogP contribution in [0.3, 0.4) is 0 Å². The predicted molar refractivity (Wildman–Crippen MR) is 176 cm³/mol. The summed E-state index contributed by atoms with van der Waals surface area (Å²) in [5, 5.41) is 22.8. The molecular formula is C35H27N3O6S2. The fourth-order valence-corrected chi connectivity index (χ4v) is 7.78. The van der Waals surface area contributed by atoms with Gasteiger partial charge in [-0.05, 0) is 64.7 Å². The second-order valence-corrected chi connectivity index (χ2v) is 13.2. The lowest BCUT2D eigenvalue weighted by Crippen LogP contribution is -2.29. The maximum Gasteiger partial charge on any atom is 0.337 e. The van der Waals surface area contributed by atoms with E-state index in [1.165, 1.54) is 35.1 Å². The Morgan fingerprint density at radius 1 is 1.02 bits per heavy atom. The Labute approximate surface area is 272 Å². The molecule has 1 saturated heterocycles. The Morgan fingerprint density at radius 2 is 1.78 bits per heavy atom. The molecule has 0 spiro atoms. The molecule has 1 N–H and O–H groups in total. The molecule has 2 atom stereocenters. The summed E-state index contributed by atoms with van der Waals surface area (Å²) in [6.07, 6.45) is 0.657. The van der Waals surface area contributed by atoms with E-state index in [2.05, 4.69) is 34.5 Å². The number of esters is 1. The third kappa shape index (κ3) is 5.31. The number of methoxy groups -OCH3 is 1. The number of amides is 1. The summed E-state index contributed by atoms with van der Waals surface area (Å²) in [6, 6.07) is 24.9. The molecule has 1 aromatic heterocycles. The van der Waals surface area contributed by atoms with Gasteiger partial charge < -0.3 is 14.6 Å². The molecule has 0 saturated carbocycles. The zero-order valence-electron chi connectivity index (χ0n) is 24.8. The number of ketones is 1. The number of thioether (sulfide) groups is 1. The number of Topliss-reactive ketones (excluding diaryl/α,β-unsaturated/α-hetero) is 1. The molecule has 2 aliphatic rings. The van der Waals surface area contributed by atoms with E-state index in [0.29, 0.717) is 33.2 Å². The quantitative estimate of drug-likeness (QED) is 0.0512. The normalized spacial score (nSPS) is 18.5. The van der Waals surface area contributed by atoms with Gasteiger partial charge in [-0.1, -0.05) is 77.7 Å². The van der Waals surface area contributed by atoms with Crippen molar-refractivity contribution >= 4 is 62.4 Å². The lowest BCUT2D eigenvalue weighted by atomic mass is 9.94. The standard InChI is InChI=1S/C35H27N3O6S2/c1-19-16-25-17-23(14-15-27(25)44-19)30(39)28-29(21-10-12-22(13-11-21)33(42)43-2)38(32(41)31(28)40)34-36-37-35(46-34)45-18-24-8-5-7-20-6-3-4-9-26(20)24/h3-15,17,19,29,39H,16,18H2,1-2H3/t19-,29+/m0/s1. The van der Waals surface area contributed by atoms with Crippen molar-refractivity contribution in [3.8, 4) is 5.75 Å². The van der Waals surface area contributed by atoms with Crippen LogP contribution in [0.2, 0.25) is 0 Å². The molecule has 5 aromatic rings. The van der Waals surface area contributed by atoms with E-state index in [0.717, 1.165) is 27.6 Å². The number of carbonyl (C=O) groups is 3. The molecule has 46 heavy (non-hydrogen) atoms. The Bertz CT molecular complexity index is 2050. The van der Waals surface area contributed by atoms with Crippen molar-refractivity contribution in [2.75, 3.05) is 12.0 Å². The van der Waals surface area contributed by atoms with Crippen molar-refractivity contribution in [2.45, 2.75) is 35.6 Å². The fourth-order valence-electron chi connectivity index (χ4n) is 5.91. The van der Waals surface area contributed by atoms with Crippen LogP contribution in [0, 0.1) is 0 Å². The van der Waals surface area contributed by atoms with Gasteiger partial charge in [-0.3, -0.25) is 14.5 Å². The van der Waals surface area contributed by atoms with Gasteiger partial charge in [0.1, 0.15) is 17.6 Å². The van der Waals surface area contributed by atoms with Gasteiger partial charge in [0.05, 0.1) is 24.3 Å². The van der Waals surface area contributed by atoms with Gasteiger partial charge in [-0.25, -0.2) is 4.79 Å². The second kappa shape index (κ2) is 12.1. The number of anilines is 1. The predicted octanol–water partition coefficient (Wildman–Crippen LogP) is 6.72. The first-order valence-corrected chi connectivity index (χ1v) is 16.3. The topological polar surface area (TPSA) is 119 Å². The Kier molecular flexibility index (Phi) is 7.79. The lowest BCUT2D eigenvalue weighted by molar-refractivity contribution is -0.132. The molecule has 4 aromatic carbocycles. The highest BCUT2D eigenvalue weighted by Gasteiger charge is 2.48. The minimum atomic E-state index is -1.01. The number of benzene rings is 4. The monoisotopic (exact) mass is 649 g/mol. The largest absolute Gasteiger partial charge is 0.507 e. The molecule has 1 amide bonds. The number of fused-ring (bicyclic) bond motifs is 2. The highest BCUT2D eigenvalue weighted by Crippen LogP contribution is 2.45. The van der Waals surface area contributed by atoms with E-state index in [1.807, 2.05) is 25.1 Å². The van der Waals surface area contributed by atoms with E-state index < -0.39 is 23.7 Å². The molecule has 0 bridgehead atoms. The van der Waals surface area contributed by atoms with Gasteiger partial charge in [0.15, 0.2) is 4.34 Å². The maximum atomic E-state index is 13.7. The van der Waals surface area contributed by atoms with Crippen LogP contribution in [0.25, 0.3) is 16.5 Å². The molecule has 230 valence electrons. The molecule has 0 radical (unpaired) electrons. The van der Waals surface area contributed by atoms with Crippen LogP contribution in [0.15, 0.2) is 94.8 Å². The molecule has 7 rings (SSSR count). The van der Waals surface area contributed by atoms with Gasteiger partial charge in [0.25, 0.3) is 5.78 Å². The van der Waals surface area contributed by atoms with Gasteiger partial charge in [-0.15, -0.1) is 10.2 Å². The number of hydrogen-bond acceptors (Lipinski definition) is 10. The fraction of sp³-hybridized carbons (Fsp3) is 0.171. The number of nitrogens with zero attached hydrogens (tertiary/aromatic N) is 3. The van der Waals surface area contributed by atoms with Crippen LogP contribution >= 0.6 is 23.1 Å². The average Bonchev–Trinajstić information content (AvgIpc) is 3.77. The summed E-state index contributed by atoms with van der Waals surface area (Å²) < 4.78 is 11.3. The minimum Gasteiger partial charge on any atom is -0.507 e. The van der Waals surface area contributed by atoms with Crippen molar-refractivity contribution in [1.82, 2.24) is 10.2 Å². The van der Waals surface area contributed by atoms with E-state index >= 15 is 0 Å². The van der Waals surface area contributed by atoms with Crippen LogP contribution in [0.1, 0.15) is 45.6 Å². The summed E-state index contributed by atoms with van der Waals surface area (Å²) in [4.78, 5) is 40.8. The molecule has 1 fully saturated rings. The first-order chi connectivity index (χ1) is 22.3. The lowest BCUT2D eigenvalue weighted by Gasteiger charge is -2.22. The third-order valence-corrected chi connectivity index (χ3v) is 10.2. The summed E-state index contributed by atoms with van der Waals surface area (Å²) in [5.41, 5.74) is 3.17. The zero-order chi connectivity index (χ0) is 31.9. The highest BCUT2D eigenvalue weighted by molar-refractivity contribution is 8.00. The SMILES string of the molecule is COC(=O)c1ccc([C@@H]2C(=C(O)c3ccc4c(c3)C[C@H](C)O4)C(=O)C(=O)N2c2nnc(SCc3cccc4ccccc34)s2)cc1. The Morgan fingerprint density at radius 3 is 2.59 bits per heavy atom. The van der Waals surface area contributed by atoms with Crippen LogP contribution < -0.4 is 9.64 Å². The summed E-state index contributed by atoms with van der Waals surface area (Å²) in [5.74, 6) is -1.14. The number of ether oxygens (including phenoxy) is 2. The molecular weight excluding hydrogens is 623 g/mol. The molecule has 11 heteroatoms. The molecule has 2 aliphatic heterocycles. The van der Waals surface area contributed by atoms with Crippen molar-refractivity contribution in [2.24, 2.45) is 0 Å². The van der Waals surface area contributed by atoms with E-state index in [1.54, 1.807) is 42.5 Å². The van der Waals surface area contributed by atoms with E-state index in [-0.39, 0.29) is 22.6 Å². The first kappa shape index (κ1) is 29.7. The number of carbonyl (C=O) groups excluding carboxylic acids is 3. The number of aliphatic hydroxyl groups is 1.